The van der Waals surface area contributed by atoms with Crippen LogP contribution < -0.4 is 5.73 Å². The highest BCUT2D eigenvalue weighted by atomic mass is 19.4. The van der Waals surface area contributed by atoms with Crippen LogP contribution >= 0.6 is 0 Å². The van der Waals surface area contributed by atoms with E-state index in [1.54, 1.807) is 0 Å². The summed E-state index contributed by atoms with van der Waals surface area (Å²) in [6.07, 6.45) is -4.36. The molecule has 0 aromatic heterocycles. The Morgan fingerprint density at radius 3 is 2.14 bits per heavy atom. The topological polar surface area (TPSA) is 26.0 Å². The molecular formula is C9H15F4N. The van der Waals surface area contributed by atoms with Crippen LogP contribution in [0.15, 0.2) is 0 Å². The Kier molecular flexibility index (Phi) is 3.40. The first kappa shape index (κ1) is 11.8. The SMILES string of the molecule is NC1CCC(F)(CCC(F)(F)F)CC1. The molecule has 0 amide bonds. The molecular weight excluding hydrogens is 198 g/mol. The van der Waals surface area contributed by atoms with Crippen molar-refractivity contribution in [2.24, 2.45) is 5.73 Å². The zero-order valence-electron chi connectivity index (χ0n) is 7.91. The van der Waals surface area contributed by atoms with Crippen LogP contribution in [0.4, 0.5) is 17.6 Å². The molecule has 0 aromatic rings. The molecule has 1 nitrogen and oxygen atoms in total. The van der Waals surface area contributed by atoms with Crippen molar-refractivity contribution in [2.75, 3.05) is 0 Å². The Balaban J connectivity index is 2.36. The quantitative estimate of drug-likeness (QED) is 0.701. The highest BCUT2D eigenvalue weighted by molar-refractivity contribution is 4.87. The van der Waals surface area contributed by atoms with E-state index in [0.29, 0.717) is 12.8 Å². The molecule has 2 N–H and O–H groups in total. The standard InChI is InChI=1S/C9H15F4N/c10-8(5-6-9(11,12)13)3-1-7(14)2-4-8/h7H,1-6,14H2. The van der Waals surface area contributed by atoms with Crippen molar-refractivity contribution in [3.63, 3.8) is 0 Å². The van der Waals surface area contributed by atoms with Crippen LogP contribution in [0.1, 0.15) is 38.5 Å². The van der Waals surface area contributed by atoms with Gasteiger partial charge in [-0.05, 0) is 32.1 Å². The highest BCUT2D eigenvalue weighted by Crippen LogP contribution is 2.37. The van der Waals surface area contributed by atoms with Crippen LogP contribution in [0.2, 0.25) is 0 Å². The lowest BCUT2D eigenvalue weighted by Gasteiger charge is -2.32. The van der Waals surface area contributed by atoms with Gasteiger partial charge in [0.2, 0.25) is 0 Å². The molecule has 1 saturated carbocycles. The molecule has 1 aliphatic rings. The number of alkyl halides is 4. The lowest BCUT2D eigenvalue weighted by Crippen LogP contribution is -2.36. The van der Waals surface area contributed by atoms with Gasteiger partial charge in [0.15, 0.2) is 0 Å². The number of rotatable bonds is 2. The second-order valence-corrected chi connectivity index (χ2v) is 4.10. The number of halogens is 4. The van der Waals surface area contributed by atoms with Crippen LogP contribution in [0.5, 0.6) is 0 Å². The van der Waals surface area contributed by atoms with Gasteiger partial charge in [-0.2, -0.15) is 13.2 Å². The molecule has 0 saturated heterocycles. The average molecular weight is 213 g/mol. The highest BCUT2D eigenvalue weighted by Gasteiger charge is 2.38. The maximum absolute atomic E-state index is 13.7. The molecule has 14 heavy (non-hydrogen) atoms. The van der Waals surface area contributed by atoms with Crippen LogP contribution in [0.25, 0.3) is 0 Å². The van der Waals surface area contributed by atoms with E-state index >= 15 is 0 Å². The number of nitrogens with two attached hydrogens (primary N) is 1. The van der Waals surface area contributed by atoms with Gasteiger partial charge in [0.1, 0.15) is 5.67 Å². The molecule has 1 rings (SSSR count). The smallest absolute Gasteiger partial charge is 0.328 e. The monoisotopic (exact) mass is 213 g/mol. The molecule has 0 heterocycles. The zero-order chi connectivity index (χ0) is 10.8. The number of hydrogen-bond donors (Lipinski definition) is 1. The lowest BCUT2D eigenvalue weighted by molar-refractivity contribution is -0.143. The molecule has 0 aromatic carbocycles. The first-order valence-corrected chi connectivity index (χ1v) is 4.82. The van der Waals surface area contributed by atoms with Crippen molar-refractivity contribution < 1.29 is 17.6 Å². The van der Waals surface area contributed by atoms with Crippen LogP contribution in [-0.4, -0.2) is 17.9 Å². The minimum Gasteiger partial charge on any atom is -0.328 e. The molecule has 5 heteroatoms. The van der Waals surface area contributed by atoms with E-state index in [1.165, 1.54) is 0 Å². The van der Waals surface area contributed by atoms with E-state index in [0.717, 1.165) is 0 Å². The normalized spacial score (nSPS) is 34.5. The summed E-state index contributed by atoms with van der Waals surface area (Å²) in [5, 5.41) is 0. The molecule has 0 aliphatic heterocycles. The van der Waals surface area contributed by atoms with Gasteiger partial charge >= 0.3 is 6.18 Å². The van der Waals surface area contributed by atoms with Crippen molar-refractivity contribution in [1.29, 1.82) is 0 Å². The Hall–Kier alpha value is -0.320. The molecule has 0 spiro atoms. The van der Waals surface area contributed by atoms with Crippen molar-refractivity contribution >= 4 is 0 Å². The molecule has 0 unspecified atom stereocenters. The minimum atomic E-state index is -4.25. The molecule has 0 radical (unpaired) electrons. The van der Waals surface area contributed by atoms with Gasteiger partial charge in [0.25, 0.3) is 0 Å². The van der Waals surface area contributed by atoms with E-state index in [2.05, 4.69) is 0 Å². The van der Waals surface area contributed by atoms with Gasteiger partial charge in [0.05, 0.1) is 0 Å². The fourth-order valence-electron chi connectivity index (χ4n) is 1.77. The van der Waals surface area contributed by atoms with E-state index < -0.39 is 24.7 Å². The summed E-state index contributed by atoms with van der Waals surface area (Å²) in [6.45, 7) is 0. The zero-order valence-corrected chi connectivity index (χ0v) is 7.91. The van der Waals surface area contributed by atoms with Crippen molar-refractivity contribution in [3.8, 4) is 0 Å². The average Bonchev–Trinajstić information content (AvgIpc) is 2.07. The summed E-state index contributed by atoms with van der Waals surface area (Å²) < 4.78 is 49.3. The molecule has 0 atom stereocenters. The molecule has 1 aliphatic carbocycles. The second-order valence-electron chi connectivity index (χ2n) is 4.10. The molecule has 0 bridgehead atoms. The van der Waals surface area contributed by atoms with Gasteiger partial charge in [-0.3, -0.25) is 0 Å². The Morgan fingerprint density at radius 1 is 1.21 bits per heavy atom. The van der Waals surface area contributed by atoms with Gasteiger partial charge in [-0.15, -0.1) is 0 Å². The third-order valence-corrected chi connectivity index (χ3v) is 2.78. The Bertz CT molecular complexity index is 182. The number of hydrogen-bond acceptors (Lipinski definition) is 1. The summed E-state index contributed by atoms with van der Waals surface area (Å²) in [5.41, 5.74) is 3.92. The summed E-state index contributed by atoms with van der Waals surface area (Å²) in [4.78, 5) is 0. The maximum Gasteiger partial charge on any atom is 0.389 e. The summed E-state index contributed by atoms with van der Waals surface area (Å²) in [6, 6.07) is -0.0373. The predicted molar refractivity (Wildman–Crippen MR) is 45.6 cm³/mol. The lowest BCUT2D eigenvalue weighted by atomic mass is 9.81. The predicted octanol–water partition coefficient (Wildman–Crippen LogP) is 2.94. The second kappa shape index (κ2) is 4.04. The van der Waals surface area contributed by atoms with E-state index in [9.17, 15) is 17.6 Å². The maximum atomic E-state index is 13.7. The summed E-state index contributed by atoms with van der Waals surface area (Å²) >= 11 is 0. The van der Waals surface area contributed by atoms with Crippen molar-refractivity contribution in [3.05, 3.63) is 0 Å². The largest absolute Gasteiger partial charge is 0.389 e. The van der Waals surface area contributed by atoms with Gasteiger partial charge < -0.3 is 5.73 Å². The first-order valence-electron chi connectivity index (χ1n) is 4.82. The summed E-state index contributed by atoms with van der Waals surface area (Å²) in [7, 11) is 0. The van der Waals surface area contributed by atoms with E-state index in [1.807, 2.05) is 0 Å². The van der Waals surface area contributed by atoms with E-state index in [4.69, 9.17) is 5.73 Å². The summed E-state index contributed by atoms with van der Waals surface area (Å²) in [5.74, 6) is 0. The fourth-order valence-corrected chi connectivity index (χ4v) is 1.77. The Morgan fingerprint density at radius 2 is 1.71 bits per heavy atom. The third-order valence-electron chi connectivity index (χ3n) is 2.78. The van der Waals surface area contributed by atoms with Crippen LogP contribution in [-0.2, 0) is 0 Å². The first-order chi connectivity index (χ1) is 6.31. The van der Waals surface area contributed by atoms with Crippen LogP contribution in [0.3, 0.4) is 0 Å². The van der Waals surface area contributed by atoms with Gasteiger partial charge in [-0.1, -0.05) is 0 Å². The fraction of sp³-hybridized carbons (Fsp3) is 1.00. The van der Waals surface area contributed by atoms with Crippen molar-refractivity contribution in [2.45, 2.75) is 56.4 Å². The van der Waals surface area contributed by atoms with Crippen molar-refractivity contribution in [1.82, 2.24) is 0 Å². The van der Waals surface area contributed by atoms with E-state index in [-0.39, 0.29) is 18.9 Å². The van der Waals surface area contributed by atoms with Gasteiger partial charge in [0, 0.05) is 12.5 Å². The molecule has 1 fully saturated rings. The van der Waals surface area contributed by atoms with Gasteiger partial charge in [-0.25, -0.2) is 4.39 Å². The molecule has 84 valence electrons. The Labute approximate surface area is 80.7 Å². The minimum absolute atomic E-state index is 0.0373. The third kappa shape index (κ3) is 3.82. The van der Waals surface area contributed by atoms with Crippen LogP contribution in [0, 0.1) is 0 Å².